The molecule has 3 nitrogen and oxygen atoms in total. The zero-order valence-corrected chi connectivity index (χ0v) is 10.4. The summed E-state index contributed by atoms with van der Waals surface area (Å²) in [5, 5.41) is 0. The van der Waals surface area contributed by atoms with Crippen LogP contribution in [0.5, 0.6) is 5.75 Å². The zero-order chi connectivity index (χ0) is 13.5. The fourth-order valence-corrected chi connectivity index (χ4v) is 1.48. The molecule has 0 N–H and O–H groups in total. The largest absolute Gasteiger partial charge is 0.455 e. The minimum atomic E-state index is -0.562. The first-order chi connectivity index (χ1) is 9.25. The summed E-state index contributed by atoms with van der Waals surface area (Å²) in [7, 11) is 0. The van der Waals surface area contributed by atoms with Crippen LogP contribution in [0.3, 0.4) is 0 Å². The highest BCUT2D eigenvalue weighted by atomic mass is 16.6. The Hall–Kier alpha value is -2.55. The van der Waals surface area contributed by atoms with Crippen molar-refractivity contribution in [1.82, 2.24) is 0 Å². The van der Waals surface area contributed by atoms with E-state index in [1.165, 1.54) is 0 Å². The summed E-state index contributed by atoms with van der Waals surface area (Å²) < 4.78 is 10.4. The maximum absolute atomic E-state index is 11.7. The molecule has 2 rings (SSSR count). The van der Waals surface area contributed by atoms with Gasteiger partial charge in [0.15, 0.2) is 0 Å². The van der Waals surface area contributed by atoms with E-state index in [2.05, 4.69) is 6.58 Å². The summed E-state index contributed by atoms with van der Waals surface area (Å²) in [6.07, 6.45) is 0. The predicted molar refractivity (Wildman–Crippen MR) is 72.4 cm³/mol. The molecule has 2 aromatic rings. The second-order valence-electron chi connectivity index (χ2n) is 3.90. The van der Waals surface area contributed by atoms with E-state index in [-0.39, 0.29) is 12.4 Å². The van der Waals surface area contributed by atoms with Gasteiger partial charge in [0.05, 0.1) is 0 Å². The Labute approximate surface area is 112 Å². The number of hydrogen-bond acceptors (Lipinski definition) is 3. The Morgan fingerprint density at radius 1 is 0.947 bits per heavy atom. The van der Waals surface area contributed by atoms with Crippen LogP contribution < -0.4 is 4.74 Å². The molecule has 0 bridgehead atoms. The van der Waals surface area contributed by atoms with Gasteiger partial charge in [-0.2, -0.15) is 0 Å². The van der Waals surface area contributed by atoms with Crippen molar-refractivity contribution in [2.75, 3.05) is 0 Å². The van der Waals surface area contributed by atoms with Gasteiger partial charge < -0.3 is 9.47 Å². The summed E-state index contributed by atoms with van der Waals surface area (Å²) in [6.45, 7) is 3.77. The van der Waals surface area contributed by atoms with Gasteiger partial charge in [-0.15, -0.1) is 0 Å². The number of para-hydroxylation sites is 1. The average Bonchev–Trinajstić information content (AvgIpc) is 2.47. The van der Waals surface area contributed by atoms with Gasteiger partial charge in [0, 0.05) is 0 Å². The standard InChI is InChI=1S/C16H14O3/c1-13(19-15-10-6-3-7-11-15)16(17)18-12-14-8-4-2-5-9-14/h2-11H,1,12H2. The first-order valence-electron chi connectivity index (χ1n) is 5.88. The molecule has 0 spiro atoms. The molecule has 0 saturated heterocycles. The van der Waals surface area contributed by atoms with Crippen LogP contribution in [-0.4, -0.2) is 5.97 Å². The Kier molecular flexibility index (Phi) is 4.34. The van der Waals surface area contributed by atoms with E-state index in [9.17, 15) is 4.79 Å². The first kappa shape index (κ1) is 12.9. The van der Waals surface area contributed by atoms with Crippen LogP contribution in [0.2, 0.25) is 0 Å². The van der Waals surface area contributed by atoms with Crippen molar-refractivity contribution in [2.24, 2.45) is 0 Å². The zero-order valence-electron chi connectivity index (χ0n) is 10.4. The summed E-state index contributed by atoms with van der Waals surface area (Å²) in [5.74, 6) is -0.0287. The minimum Gasteiger partial charge on any atom is -0.455 e. The molecule has 0 radical (unpaired) electrons. The van der Waals surface area contributed by atoms with Gasteiger partial charge in [-0.25, -0.2) is 4.79 Å². The SMILES string of the molecule is C=C(Oc1ccccc1)C(=O)OCc1ccccc1. The second-order valence-corrected chi connectivity index (χ2v) is 3.90. The third kappa shape index (κ3) is 4.00. The highest BCUT2D eigenvalue weighted by Gasteiger charge is 2.11. The highest BCUT2D eigenvalue weighted by molar-refractivity contribution is 5.86. The molecular weight excluding hydrogens is 240 g/mol. The molecule has 0 heterocycles. The van der Waals surface area contributed by atoms with Crippen molar-refractivity contribution in [3.63, 3.8) is 0 Å². The van der Waals surface area contributed by atoms with Crippen LogP contribution in [0.25, 0.3) is 0 Å². The molecule has 0 aliphatic heterocycles. The number of benzene rings is 2. The number of rotatable bonds is 5. The molecule has 0 saturated carbocycles. The van der Waals surface area contributed by atoms with E-state index in [0.29, 0.717) is 5.75 Å². The number of carbonyl (C=O) groups excluding carboxylic acids is 1. The highest BCUT2D eigenvalue weighted by Crippen LogP contribution is 2.13. The van der Waals surface area contributed by atoms with Crippen molar-refractivity contribution in [3.05, 3.63) is 78.6 Å². The smallest absolute Gasteiger partial charge is 0.373 e. The van der Waals surface area contributed by atoms with Gasteiger partial charge in [-0.3, -0.25) is 0 Å². The van der Waals surface area contributed by atoms with E-state index in [0.717, 1.165) is 5.56 Å². The van der Waals surface area contributed by atoms with Crippen molar-refractivity contribution < 1.29 is 14.3 Å². The van der Waals surface area contributed by atoms with E-state index < -0.39 is 5.97 Å². The molecule has 3 heteroatoms. The molecule has 0 amide bonds. The fourth-order valence-electron chi connectivity index (χ4n) is 1.48. The molecule has 96 valence electrons. The van der Waals surface area contributed by atoms with Gasteiger partial charge >= 0.3 is 5.97 Å². The molecule has 2 aromatic carbocycles. The lowest BCUT2D eigenvalue weighted by Gasteiger charge is -2.08. The Balaban J connectivity index is 1.85. The molecule has 19 heavy (non-hydrogen) atoms. The van der Waals surface area contributed by atoms with Crippen molar-refractivity contribution in [2.45, 2.75) is 6.61 Å². The number of ether oxygens (including phenoxy) is 2. The first-order valence-corrected chi connectivity index (χ1v) is 5.88. The fraction of sp³-hybridized carbons (Fsp3) is 0.0625. The molecule has 0 fully saturated rings. The molecule has 0 aliphatic carbocycles. The number of carbonyl (C=O) groups is 1. The lowest BCUT2D eigenvalue weighted by Crippen LogP contribution is -2.11. The maximum atomic E-state index is 11.7. The topological polar surface area (TPSA) is 35.5 Å². The van der Waals surface area contributed by atoms with E-state index >= 15 is 0 Å². The van der Waals surface area contributed by atoms with E-state index in [1.54, 1.807) is 12.1 Å². The molecule has 0 atom stereocenters. The lowest BCUT2D eigenvalue weighted by atomic mass is 10.2. The van der Waals surface area contributed by atoms with E-state index in [4.69, 9.17) is 9.47 Å². The third-order valence-corrected chi connectivity index (χ3v) is 2.42. The Morgan fingerprint density at radius 3 is 2.16 bits per heavy atom. The molecular formula is C16H14O3. The summed E-state index contributed by atoms with van der Waals surface area (Å²) in [4.78, 5) is 11.7. The van der Waals surface area contributed by atoms with Gasteiger partial charge in [0.25, 0.3) is 0 Å². The normalized spacial score (nSPS) is 9.68. The molecule has 0 aliphatic rings. The van der Waals surface area contributed by atoms with Crippen LogP contribution in [0.1, 0.15) is 5.56 Å². The molecule has 0 aromatic heterocycles. The number of esters is 1. The second kappa shape index (κ2) is 6.40. The summed E-state index contributed by atoms with van der Waals surface area (Å²) in [5.41, 5.74) is 0.920. The predicted octanol–water partition coefficient (Wildman–Crippen LogP) is 3.32. The molecule has 0 unspecified atom stereocenters. The van der Waals surface area contributed by atoms with Crippen molar-refractivity contribution in [3.8, 4) is 5.75 Å². The maximum Gasteiger partial charge on any atom is 0.373 e. The minimum absolute atomic E-state index is 0.0258. The monoisotopic (exact) mass is 254 g/mol. The van der Waals surface area contributed by atoms with Gasteiger partial charge in [0.2, 0.25) is 5.76 Å². The van der Waals surface area contributed by atoms with Crippen LogP contribution in [0, 0.1) is 0 Å². The lowest BCUT2D eigenvalue weighted by molar-refractivity contribution is -0.142. The average molecular weight is 254 g/mol. The Morgan fingerprint density at radius 2 is 1.53 bits per heavy atom. The van der Waals surface area contributed by atoms with Crippen molar-refractivity contribution >= 4 is 5.97 Å². The van der Waals surface area contributed by atoms with E-state index in [1.807, 2.05) is 48.5 Å². The van der Waals surface area contributed by atoms with Gasteiger partial charge in [0.1, 0.15) is 12.4 Å². The van der Waals surface area contributed by atoms with Crippen LogP contribution in [0.15, 0.2) is 73.0 Å². The summed E-state index contributed by atoms with van der Waals surface area (Å²) in [6, 6.07) is 18.4. The van der Waals surface area contributed by atoms with Crippen molar-refractivity contribution in [1.29, 1.82) is 0 Å². The van der Waals surface area contributed by atoms with Gasteiger partial charge in [-0.1, -0.05) is 48.5 Å². The third-order valence-electron chi connectivity index (χ3n) is 2.42. The number of hydrogen-bond donors (Lipinski definition) is 0. The van der Waals surface area contributed by atoms with Crippen LogP contribution in [0.4, 0.5) is 0 Å². The van der Waals surface area contributed by atoms with Gasteiger partial charge in [-0.05, 0) is 24.3 Å². The summed E-state index contributed by atoms with van der Waals surface area (Å²) >= 11 is 0. The van der Waals surface area contributed by atoms with Crippen LogP contribution in [-0.2, 0) is 16.1 Å². The quantitative estimate of drug-likeness (QED) is 0.466. The Bertz CT molecular complexity index is 547. The van der Waals surface area contributed by atoms with Crippen LogP contribution >= 0.6 is 0 Å².